The third kappa shape index (κ3) is 3.18. The number of likely N-dealkylation sites (tertiary alicyclic amines) is 1. The van der Waals surface area contributed by atoms with E-state index in [0.29, 0.717) is 23.1 Å². The maximum absolute atomic E-state index is 12.2. The van der Waals surface area contributed by atoms with E-state index in [4.69, 9.17) is 4.52 Å². The predicted octanol–water partition coefficient (Wildman–Crippen LogP) is 2.14. The third-order valence-electron chi connectivity index (χ3n) is 3.41. The number of hydrogen-bond acceptors (Lipinski definition) is 6. The van der Waals surface area contributed by atoms with Gasteiger partial charge in [-0.2, -0.15) is 0 Å². The van der Waals surface area contributed by atoms with Gasteiger partial charge in [-0.1, -0.05) is 5.16 Å². The first-order valence-corrected chi connectivity index (χ1v) is 7.06. The molecule has 7 nitrogen and oxygen atoms in total. The van der Waals surface area contributed by atoms with E-state index < -0.39 is 0 Å². The highest BCUT2D eigenvalue weighted by Gasteiger charge is 2.19. The molecule has 110 valence electrons. The minimum absolute atomic E-state index is 0.0500. The Morgan fingerprint density at radius 3 is 2.62 bits per heavy atom. The van der Waals surface area contributed by atoms with Gasteiger partial charge in [-0.3, -0.25) is 4.79 Å². The maximum Gasteiger partial charge on any atom is 0.274 e. The molecule has 1 fully saturated rings. The molecular formula is C14H17N5O2. The number of hydrogen-bond donors (Lipinski definition) is 1. The smallest absolute Gasteiger partial charge is 0.274 e. The van der Waals surface area contributed by atoms with E-state index in [1.807, 2.05) is 11.8 Å². The number of aromatic nitrogens is 3. The first-order chi connectivity index (χ1) is 10.2. The zero-order valence-electron chi connectivity index (χ0n) is 11.9. The second-order valence-electron chi connectivity index (χ2n) is 5.10. The number of rotatable bonds is 3. The van der Waals surface area contributed by atoms with Crippen molar-refractivity contribution in [2.75, 3.05) is 18.4 Å². The second-order valence-corrected chi connectivity index (χ2v) is 5.10. The Hall–Kier alpha value is -2.44. The van der Waals surface area contributed by atoms with Gasteiger partial charge in [-0.15, -0.1) is 10.2 Å². The number of anilines is 2. The number of amides is 1. The van der Waals surface area contributed by atoms with Crippen LogP contribution in [0.5, 0.6) is 0 Å². The summed E-state index contributed by atoms with van der Waals surface area (Å²) in [7, 11) is 0. The lowest BCUT2D eigenvalue weighted by Gasteiger charge is -2.26. The van der Waals surface area contributed by atoms with Crippen molar-refractivity contribution in [3.05, 3.63) is 29.7 Å². The Kier molecular flexibility index (Phi) is 3.81. The van der Waals surface area contributed by atoms with Crippen molar-refractivity contribution in [2.24, 2.45) is 0 Å². The van der Waals surface area contributed by atoms with E-state index in [2.05, 4.69) is 20.7 Å². The Morgan fingerprint density at radius 2 is 2.00 bits per heavy atom. The fourth-order valence-electron chi connectivity index (χ4n) is 2.33. The highest BCUT2D eigenvalue weighted by Crippen LogP contribution is 2.15. The Morgan fingerprint density at radius 1 is 1.19 bits per heavy atom. The summed E-state index contributed by atoms with van der Waals surface area (Å²) < 4.78 is 4.96. The van der Waals surface area contributed by atoms with E-state index in [1.165, 1.54) is 6.42 Å². The van der Waals surface area contributed by atoms with E-state index in [0.717, 1.165) is 25.9 Å². The first-order valence-electron chi connectivity index (χ1n) is 7.06. The van der Waals surface area contributed by atoms with Crippen LogP contribution in [0.1, 0.15) is 35.5 Å². The second kappa shape index (κ2) is 5.90. The zero-order chi connectivity index (χ0) is 14.7. The molecule has 2 aromatic heterocycles. The van der Waals surface area contributed by atoms with Crippen LogP contribution < -0.4 is 5.32 Å². The molecule has 0 radical (unpaired) electrons. The van der Waals surface area contributed by atoms with E-state index >= 15 is 0 Å². The summed E-state index contributed by atoms with van der Waals surface area (Å²) in [5, 5.41) is 14.8. The van der Waals surface area contributed by atoms with Gasteiger partial charge in [-0.05, 0) is 38.3 Å². The summed E-state index contributed by atoms with van der Waals surface area (Å²) in [5.74, 6) is 1.75. The van der Waals surface area contributed by atoms with Gasteiger partial charge in [0.05, 0.1) is 0 Å². The zero-order valence-corrected chi connectivity index (χ0v) is 11.9. The highest BCUT2D eigenvalue weighted by atomic mass is 16.5. The van der Waals surface area contributed by atoms with Gasteiger partial charge < -0.3 is 14.7 Å². The van der Waals surface area contributed by atoms with Gasteiger partial charge >= 0.3 is 0 Å². The highest BCUT2D eigenvalue weighted by molar-refractivity contribution is 5.92. The van der Waals surface area contributed by atoms with E-state index in [9.17, 15) is 4.79 Å². The van der Waals surface area contributed by atoms with Crippen LogP contribution in [-0.4, -0.2) is 39.3 Å². The molecule has 0 saturated carbocycles. The molecule has 1 N–H and O–H groups in total. The Balaban J connectivity index is 1.67. The fourth-order valence-corrected chi connectivity index (χ4v) is 2.33. The normalized spacial score (nSPS) is 15.0. The molecule has 2 aromatic rings. The molecule has 0 aromatic carbocycles. The average Bonchev–Trinajstić information content (AvgIpc) is 2.93. The van der Waals surface area contributed by atoms with E-state index in [-0.39, 0.29) is 5.91 Å². The van der Waals surface area contributed by atoms with Gasteiger partial charge in [0, 0.05) is 19.2 Å². The Labute approximate surface area is 122 Å². The van der Waals surface area contributed by atoms with Crippen molar-refractivity contribution < 1.29 is 9.32 Å². The minimum Gasteiger partial charge on any atom is -0.360 e. The topological polar surface area (TPSA) is 84.2 Å². The van der Waals surface area contributed by atoms with Crippen LogP contribution in [0.4, 0.5) is 11.6 Å². The van der Waals surface area contributed by atoms with Crippen molar-refractivity contribution in [1.29, 1.82) is 0 Å². The van der Waals surface area contributed by atoms with Crippen LogP contribution in [0, 0.1) is 6.92 Å². The van der Waals surface area contributed by atoms with Gasteiger partial charge in [0.2, 0.25) is 0 Å². The predicted molar refractivity (Wildman–Crippen MR) is 76.3 cm³/mol. The van der Waals surface area contributed by atoms with Gasteiger partial charge in [0.25, 0.3) is 5.91 Å². The number of nitrogens with one attached hydrogen (secondary N) is 1. The van der Waals surface area contributed by atoms with Crippen LogP contribution in [0.2, 0.25) is 0 Å². The number of aryl methyl sites for hydroxylation is 1. The molecule has 1 saturated heterocycles. The lowest BCUT2D eigenvalue weighted by Crippen LogP contribution is -2.36. The fraction of sp³-hybridized carbons (Fsp3) is 0.429. The summed E-state index contributed by atoms with van der Waals surface area (Å²) in [6.45, 7) is 3.42. The summed E-state index contributed by atoms with van der Waals surface area (Å²) in [5.41, 5.74) is 0.374. The standard InChI is InChI=1S/C14H17N5O2/c1-10-9-13(18-21-10)15-12-6-5-11(16-17-12)14(20)19-7-3-2-4-8-19/h5-6,9H,2-4,7-8H2,1H3,(H,15,17,18). The van der Waals surface area contributed by atoms with Crippen LogP contribution in [0.15, 0.2) is 22.7 Å². The maximum atomic E-state index is 12.2. The monoisotopic (exact) mass is 287 g/mol. The van der Waals surface area contributed by atoms with E-state index in [1.54, 1.807) is 18.2 Å². The van der Waals surface area contributed by atoms with Crippen LogP contribution in [0.3, 0.4) is 0 Å². The summed E-state index contributed by atoms with van der Waals surface area (Å²) in [6.07, 6.45) is 3.31. The quantitative estimate of drug-likeness (QED) is 0.931. The first kappa shape index (κ1) is 13.5. The van der Waals surface area contributed by atoms with Crippen molar-refractivity contribution in [3.8, 4) is 0 Å². The van der Waals surface area contributed by atoms with Crippen LogP contribution in [0.25, 0.3) is 0 Å². The van der Waals surface area contributed by atoms with Crippen molar-refractivity contribution in [3.63, 3.8) is 0 Å². The summed E-state index contributed by atoms with van der Waals surface area (Å²) in [6, 6.07) is 5.15. The number of carbonyl (C=O) groups is 1. The van der Waals surface area contributed by atoms with Gasteiger partial charge in [-0.25, -0.2) is 0 Å². The third-order valence-corrected chi connectivity index (χ3v) is 3.41. The summed E-state index contributed by atoms with van der Waals surface area (Å²) >= 11 is 0. The molecule has 0 bridgehead atoms. The molecule has 3 rings (SSSR count). The molecular weight excluding hydrogens is 270 g/mol. The minimum atomic E-state index is -0.0500. The van der Waals surface area contributed by atoms with Gasteiger partial charge in [0.1, 0.15) is 5.76 Å². The van der Waals surface area contributed by atoms with Gasteiger partial charge in [0.15, 0.2) is 17.3 Å². The molecule has 1 aliphatic rings. The van der Waals surface area contributed by atoms with Crippen molar-refractivity contribution >= 4 is 17.5 Å². The largest absolute Gasteiger partial charge is 0.360 e. The molecule has 0 spiro atoms. The number of carbonyl (C=O) groups excluding carboxylic acids is 1. The lowest BCUT2D eigenvalue weighted by molar-refractivity contribution is 0.0717. The number of nitrogens with zero attached hydrogens (tertiary/aromatic N) is 4. The lowest BCUT2D eigenvalue weighted by atomic mass is 10.1. The number of piperidine rings is 1. The van der Waals surface area contributed by atoms with Crippen molar-refractivity contribution in [2.45, 2.75) is 26.2 Å². The molecule has 21 heavy (non-hydrogen) atoms. The molecule has 0 aliphatic carbocycles. The van der Waals surface area contributed by atoms with Crippen molar-refractivity contribution in [1.82, 2.24) is 20.3 Å². The van der Waals surface area contributed by atoms with Crippen LogP contribution in [-0.2, 0) is 0 Å². The molecule has 7 heteroatoms. The Bertz CT molecular complexity index is 617. The average molecular weight is 287 g/mol. The molecule has 0 atom stereocenters. The summed E-state index contributed by atoms with van der Waals surface area (Å²) in [4.78, 5) is 14.1. The SMILES string of the molecule is Cc1cc(Nc2ccc(C(=O)N3CCCCC3)nn2)no1. The molecule has 3 heterocycles. The molecule has 1 aliphatic heterocycles. The van der Waals surface area contributed by atoms with Crippen LogP contribution >= 0.6 is 0 Å². The molecule has 0 unspecified atom stereocenters. The molecule has 1 amide bonds.